The molecule has 0 spiro atoms. The Morgan fingerprint density at radius 2 is 2.21 bits per heavy atom. The Morgan fingerprint density at radius 1 is 1.47 bits per heavy atom. The average Bonchev–Trinajstić information content (AvgIpc) is 2.43. The standard InChI is InChI=1S/C13H15F2NO3/c14-12(15)10(17)7-16-13(18)9-5-6-19-11-4-2-1-3-8(9)11/h1-4,9-10,12,17H,5-7H2,(H,16,18). The van der Waals surface area contributed by atoms with Crippen LogP contribution in [0.15, 0.2) is 24.3 Å². The van der Waals surface area contributed by atoms with Gasteiger partial charge < -0.3 is 15.2 Å². The summed E-state index contributed by atoms with van der Waals surface area (Å²) < 4.78 is 29.7. The van der Waals surface area contributed by atoms with Crippen molar-refractivity contribution in [2.75, 3.05) is 13.2 Å². The SMILES string of the molecule is O=C(NCC(O)C(F)F)C1CCOc2ccccc21. The number of aliphatic hydroxyl groups is 1. The van der Waals surface area contributed by atoms with Gasteiger partial charge in [0, 0.05) is 12.1 Å². The maximum atomic E-state index is 12.1. The number of benzene rings is 1. The number of amides is 1. The van der Waals surface area contributed by atoms with Gasteiger partial charge in [-0.2, -0.15) is 0 Å². The van der Waals surface area contributed by atoms with Crippen LogP contribution >= 0.6 is 0 Å². The molecular weight excluding hydrogens is 256 g/mol. The number of alkyl halides is 2. The van der Waals surface area contributed by atoms with Gasteiger partial charge in [0.1, 0.15) is 11.9 Å². The Morgan fingerprint density at radius 3 is 2.95 bits per heavy atom. The van der Waals surface area contributed by atoms with Crippen molar-refractivity contribution in [3.63, 3.8) is 0 Å². The molecular formula is C13H15F2NO3. The van der Waals surface area contributed by atoms with Gasteiger partial charge in [-0.25, -0.2) is 8.78 Å². The summed E-state index contributed by atoms with van der Waals surface area (Å²) >= 11 is 0. The third-order valence-corrected chi connectivity index (χ3v) is 3.05. The zero-order valence-electron chi connectivity index (χ0n) is 10.2. The highest BCUT2D eigenvalue weighted by Crippen LogP contribution is 2.33. The molecule has 2 atom stereocenters. The van der Waals surface area contributed by atoms with E-state index in [2.05, 4.69) is 5.32 Å². The Hall–Kier alpha value is -1.69. The van der Waals surface area contributed by atoms with Crippen LogP contribution in [0.25, 0.3) is 0 Å². The van der Waals surface area contributed by atoms with Crippen LogP contribution in [0.3, 0.4) is 0 Å². The van der Waals surface area contributed by atoms with Crippen molar-refractivity contribution >= 4 is 5.91 Å². The van der Waals surface area contributed by atoms with E-state index in [4.69, 9.17) is 9.84 Å². The smallest absolute Gasteiger partial charge is 0.265 e. The molecule has 1 aromatic rings. The number of hydrogen-bond donors (Lipinski definition) is 2. The van der Waals surface area contributed by atoms with Gasteiger partial charge in [-0.15, -0.1) is 0 Å². The van der Waals surface area contributed by atoms with Gasteiger partial charge in [0.15, 0.2) is 0 Å². The van der Waals surface area contributed by atoms with Gasteiger partial charge in [0.25, 0.3) is 6.43 Å². The first-order chi connectivity index (χ1) is 9.09. The first-order valence-corrected chi connectivity index (χ1v) is 6.05. The number of carbonyl (C=O) groups is 1. The molecule has 19 heavy (non-hydrogen) atoms. The third kappa shape index (κ3) is 3.20. The number of ether oxygens (including phenoxy) is 1. The third-order valence-electron chi connectivity index (χ3n) is 3.05. The quantitative estimate of drug-likeness (QED) is 0.867. The second-order valence-corrected chi connectivity index (χ2v) is 4.37. The van der Waals surface area contributed by atoms with E-state index >= 15 is 0 Å². The number of nitrogens with one attached hydrogen (secondary N) is 1. The number of carbonyl (C=O) groups excluding carboxylic acids is 1. The molecule has 1 heterocycles. The topological polar surface area (TPSA) is 58.6 Å². The molecule has 1 amide bonds. The zero-order valence-corrected chi connectivity index (χ0v) is 10.2. The van der Waals surface area contributed by atoms with Gasteiger partial charge in [0.2, 0.25) is 5.91 Å². The van der Waals surface area contributed by atoms with Gasteiger partial charge in [0.05, 0.1) is 12.5 Å². The minimum Gasteiger partial charge on any atom is -0.493 e. The van der Waals surface area contributed by atoms with Crippen molar-refractivity contribution in [1.29, 1.82) is 0 Å². The minimum absolute atomic E-state index is 0.365. The van der Waals surface area contributed by atoms with E-state index in [0.29, 0.717) is 18.8 Å². The first kappa shape index (κ1) is 13.7. The van der Waals surface area contributed by atoms with Crippen molar-refractivity contribution in [3.05, 3.63) is 29.8 Å². The van der Waals surface area contributed by atoms with E-state index < -0.39 is 25.0 Å². The molecule has 1 aromatic carbocycles. The van der Waals surface area contributed by atoms with Crippen molar-refractivity contribution in [2.45, 2.75) is 24.9 Å². The Balaban J connectivity index is 2.01. The van der Waals surface area contributed by atoms with Gasteiger partial charge in [-0.05, 0) is 12.5 Å². The molecule has 6 heteroatoms. The normalized spacial score (nSPS) is 19.5. The molecule has 2 unspecified atom stereocenters. The van der Waals surface area contributed by atoms with Crippen LogP contribution in [-0.4, -0.2) is 36.7 Å². The lowest BCUT2D eigenvalue weighted by molar-refractivity contribution is -0.124. The lowest BCUT2D eigenvalue weighted by Crippen LogP contribution is -2.39. The van der Waals surface area contributed by atoms with Gasteiger partial charge in [-0.3, -0.25) is 4.79 Å². The fraction of sp³-hybridized carbons (Fsp3) is 0.462. The molecule has 2 N–H and O–H groups in total. The van der Waals surface area contributed by atoms with Gasteiger partial charge in [-0.1, -0.05) is 18.2 Å². The van der Waals surface area contributed by atoms with Crippen LogP contribution in [0, 0.1) is 0 Å². The molecule has 104 valence electrons. The second kappa shape index (κ2) is 5.97. The fourth-order valence-corrected chi connectivity index (χ4v) is 2.03. The van der Waals surface area contributed by atoms with Crippen LogP contribution in [0.5, 0.6) is 5.75 Å². The van der Waals surface area contributed by atoms with Crippen LogP contribution in [0.2, 0.25) is 0 Å². The molecule has 0 aromatic heterocycles. The maximum Gasteiger partial charge on any atom is 0.265 e. The number of halogens is 2. The van der Waals surface area contributed by atoms with Crippen molar-refractivity contribution in [1.82, 2.24) is 5.32 Å². The summed E-state index contributed by atoms with van der Waals surface area (Å²) in [6, 6.07) is 7.15. The summed E-state index contributed by atoms with van der Waals surface area (Å²) in [7, 11) is 0. The van der Waals surface area contributed by atoms with E-state index in [9.17, 15) is 13.6 Å². The summed E-state index contributed by atoms with van der Waals surface area (Å²) in [6.45, 7) is -0.0392. The molecule has 1 aliphatic rings. The van der Waals surface area contributed by atoms with E-state index in [1.54, 1.807) is 24.3 Å². The van der Waals surface area contributed by atoms with Crippen molar-refractivity contribution in [2.24, 2.45) is 0 Å². The minimum atomic E-state index is -2.86. The predicted molar refractivity (Wildman–Crippen MR) is 64.3 cm³/mol. The van der Waals surface area contributed by atoms with Gasteiger partial charge >= 0.3 is 0 Å². The predicted octanol–water partition coefficient (Wildman–Crippen LogP) is 1.29. The van der Waals surface area contributed by atoms with Crippen LogP contribution in [0.4, 0.5) is 8.78 Å². The molecule has 0 radical (unpaired) electrons. The van der Waals surface area contributed by atoms with Crippen LogP contribution in [0.1, 0.15) is 17.9 Å². The summed E-state index contributed by atoms with van der Waals surface area (Å²) in [4.78, 5) is 12.0. The first-order valence-electron chi connectivity index (χ1n) is 6.05. The molecule has 4 nitrogen and oxygen atoms in total. The molecule has 0 saturated carbocycles. The molecule has 2 rings (SSSR count). The molecule has 1 aliphatic heterocycles. The monoisotopic (exact) mass is 271 g/mol. The number of fused-ring (bicyclic) bond motifs is 1. The number of para-hydroxylation sites is 1. The lowest BCUT2D eigenvalue weighted by Gasteiger charge is -2.25. The summed E-state index contributed by atoms with van der Waals surface area (Å²) in [5.41, 5.74) is 0.748. The largest absolute Gasteiger partial charge is 0.493 e. The number of hydrogen-bond acceptors (Lipinski definition) is 3. The number of aliphatic hydroxyl groups excluding tert-OH is 1. The van der Waals surface area contributed by atoms with E-state index in [-0.39, 0.29) is 5.91 Å². The Bertz CT molecular complexity index is 453. The molecule has 0 aliphatic carbocycles. The highest BCUT2D eigenvalue weighted by molar-refractivity contribution is 5.84. The van der Waals surface area contributed by atoms with Crippen LogP contribution in [-0.2, 0) is 4.79 Å². The molecule has 0 saturated heterocycles. The summed E-state index contributed by atoms with van der Waals surface area (Å²) in [5.74, 6) is -0.145. The summed E-state index contributed by atoms with van der Waals surface area (Å²) in [6.07, 6.45) is -4.20. The van der Waals surface area contributed by atoms with E-state index in [1.807, 2.05) is 0 Å². The Kier molecular flexibility index (Phi) is 4.31. The average molecular weight is 271 g/mol. The molecule has 0 fully saturated rings. The summed E-state index contributed by atoms with van der Waals surface area (Å²) in [5, 5.41) is 11.3. The number of rotatable bonds is 4. The molecule has 0 bridgehead atoms. The highest BCUT2D eigenvalue weighted by atomic mass is 19.3. The van der Waals surface area contributed by atoms with Crippen molar-refractivity contribution < 1.29 is 23.4 Å². The lowest BCUT2D eigenvalue weighted by atomic mass is 9.92. The highest BCUT2D eigenvalue weighted by Gasteiger charge is 2.28. The van der Waals surface area contributed by atoms with E-state index in [1.165, 1.54) is 0 Å². The maximum absolute atomic E-state index is 12.1. The second-order valence-electron chi connectivity index (χ2n) is 4.37. The zero-order chi connectivity index (χ0) is 13.8. The van der Waals surface area contributed by atoms with Crippen molar-refractivity contribution in [3.8, 4) is 5.75 Å². The van der Waals surface area contributed by atoms with E-state index in [0.717, 1.165) is 5.56 Å². The Labute approximate surface area is 109 Å². The fourth-order valence-electron chi connectivity index (χ4n) is 2.03. The van der Waals surface area contributed by atoms with Crippen LogP contribution < -0.4 is 10.1 Å².